The van der Waals surface area contributed by atoms with Crippen molar-refractivity contribution >= 4 is 22.9 Å². The van der Waals surface area contributed by atoms with Crippen molar-refractivity contribution in [3.63, 3.8) is 0 Å². The van der Waals surface area contributed by atoms with Gasteiger partial charge in [-0.2, -0.15) is 4.98 Å². The first-order valence-corrected chi connectivity index (χ1v) is 9.12. The maximum Gasteiger partial charge on any atom is 0.298 e. The predicted molar refractivity (Wildman–Crippen MR) is 98.6 cm³/mol. The van der Waals surface area contributed by atoms with Gasteiger partial charge < -0.3 is 19.0 Å². The molecule has 1 atom stereocenters. The molecular formula is C19H21N5O2. The molecule has 0 unspecified atom stereocenters. The van der Waals surface area contributed by atoms with Gasteiger partial charge in [0, 0.05) is 44.8 Å². The Morgan fingerprint density at radius 2 is 1.85 bits per heavy atom. The molecule has 2 fully saturated rings. The quantitative estimate of drug-likeness (QED) is 0.718. The van der Waals surface area contributed by atoms with Crippen LogP contribution in [0.4, 0.5) is 11.8 Å². The summed E-state index contributed by atoms with van der Waals surface area (Å²) in [4.78, 5) is 18.0. The van der Waals surface area contributed by atoms with E-state index in [1.54, 1.807) is 6.33 Å². The van der Waals surface area contributed by atoms with Crippen LogP contribution in [0, 0.1) is 0 Å². The average Bonchev–Trinajstić information content (AvgIpc) is 3.38. The first-order valence-electron chi connectivity index (χ1n) is 9.12. The van der Waals surface area contributed by atoms with Gasteiger partial charge in [0.2, 0.25) is 0 Å². The zero-order valence-electron chi connectivity index (χ0n) is 14.5. The molecule has 1 aromatic carbocycles. The number of hydrogen-bond donors (Lipinski definition) is 0. The summed E-state index contributed by atoms with van der Waals surface area (Å²) in [5, 5.41) is 0. The van der Waals surface area contributed by atoms with Crippen LogP contribution in [0.1, 0.15) is 18.0 Å². The third-order valence-corrected chi connectivity index (χ3v) is 5.18. The van der Waals surface area contributed by atoms with E-state index in [1.807, 2.05) is 24.3 Å². The molecule has 0 saturated carbocycles. The van der Waals surface area contributed by atoms with E-state index in [1.165, 1.54) is 0 Å². The summed E-state index contributed by atoms with van der Waals surface area (Å²) < 4.78 is 11.4. The highest BCUT2D eigenvalue weighted by Crippen LogP contribution is 2.27. The van der Waals surface area contributed by atoms with Crippen LogP contribution in [0.2, 0.25) is 0 Å². The van der Waals surface area contributed by atoms with Gasteiger partial charge in [-0.3, -0.25) is 0 Å². The molecule has 0 radical (unpaired) electrons. The number of anilines is 2. The average molecular weight is 351 g/mol. The lowest BCUT2D eigenvalue weighted by molar-refractivity contribution is 0.193. The molecule has 2 aliphatic rings. The lowest BCUT2D eigenvalue weighted by Gasteiger charge is -2.34. The molecule has 3 aromatic rings. The maximum atomic E-state index is 5.89. The van der Waals surface area contributed by atoms with Gasteiger partial charge in [0.25, 0.3) is 6.01 Å². The van der Waals surface area contributed by atoms with Gasteiger partial charge in [-0.15, -0.1) is 0 Å². The lowest BCUT2D eigenvalue weighted by atomic mass is 10.0. The van der Waals surface area contributed by atoms with Gasteiger partial charge >= 0.3 is 0 Å². The normalized spacial score (nSPS) is 20.8. The van der Waals surface area contributed by atoms with E-state index in [0.29, 0.717) is 11.9 Å². The molecular weight excluding hydrogens is 330 g/mol. The van der Waals surface area contributed by atoms with Crippen molar-refractivity contribution in [2.45, 2.75) is 12.3 Å². The number of ether oxygens (including phenoxy) is 1. The van der Waals surface area contributed by atoms with Gasteiger partial charge in [0.1, 0.15) is 17.7 Å². The summed E-state index contributed by atoms with van der Waals surface area (Å²) in [7, 11) is 0. The lowest BCUT2D eigenvalue weighted by Crippen LogP contribution is -2.47. The van der Waals surface area contributed by atoms with Crippen LogP contribution in [-0.4, -0.2) is 54.3 Å². The van der Waals surface area contributed by atoms with Gasteiger partial charge in [0.15, 0.2) is 5.58 Å². The highest BCUT2D eigenvalue weighted by Gasteiger charge is 2.24. The van der Waals surface area contributed by atoms with E-state index in [4.69, 9.17) is 9.15 Å². The molecule has 5 rings (SSSR count). The van der Waals surface area contributed by atoms with Gasteiger partial charge in [-0.25, -0.2) is 9.97 Å². The van der Waals surface area contributed by atoms with Crippen LogP contribution in [0.25, 0.3) is 11.1 Å². The van der Waals surface area contributed by atoms with E-state index < -0.39 is 0 Å². The third-order valence-electron chi connectivity index (χ3n) is 5.18. The molecule has 2 aliphatic heterocycles. The topological polar surface area (TPSA) is 67.5 Å². The minimum absolute atomic E-state index is 0.401. The second-order valence-electron chi connectivity index (χ2n) is 6.80. The molecule has 0 bridgehead atoms. The fourth-order valence-corrected chi connectivity index (χ4v) is 3.65. The Balaban J connectivity index is 1.28. The van der Waals surface area contributed by atoms with Crippen molar-refractivity contribution in [1.29, 1.82) is 0 Å². The molecule has 0 amide bonds. The van der Waals surface area contributed by atoms with Crippen molar-refractivity contribution < 1.29 is 9.15 Å². The Kier molecular flexibility index (Phi) is 3.93. The summed E-state index contributed by atoms with van der Waals surface area (Å²) in [6.45, 7) is 5.08. The van der Waals surface area contributed by atoms with Crippen LogP contribution >= 0.6 is 0 Å². The molecule has 2 saturated heterocycles. The standard InChI is InChI=1S/C19H21N5O2/c1-2-4-17-15(3-1)22-19(26-17)24-8-6-23(7-9-24)18-11-16(20-13-21-18)14-5-10-25-12-14/h1-4,11,13-14H,5-10,12H2/t14-/m0/s1. The minimum atomic E-state index is 0.401. The van der Waals surface area contributed by atoms with E-state index in [9.17, 15) is 0 Å². The van der Waals surface area contributed by atoms with E-state index >= 15 is 0 Å². The van der Waals surface area contributed by atoms with Crippen molar-refractivity contribution in [3.8, 4) is 0 Å². The first kappa shape index (κ1) is 15.6. The molecule has 26 heavy (non-hydrogen) atoms. The van der Waals surface area contributed by atoms with E-state index in [-0.39, 0.29) is 0 Å². The van der Waals surface area contributed by atoms with E-state index in [2.05, 4.69) is 30.8 Å². The smallest absolute Gasteiger partial charge is 0.298 e. The minimum Gasteiger partial charge on any atom is -0.423 e. The summed E-state index contributed by atoms with van der Waals surface area (Å²) in [5.41, 5.74) is 2.84. The SMILES string of the molecule is c1ccc2oc(N3CCN(c4cc([C@H]5CCOC5)ncn4)CC3)nc2c1. The number of hydrogen-bond acceptors (Lipinski definition) is 7. The van der Waals surface area contributed by atoms with Crippen LogP contribution in [0.3, 0.4) is 0 Å². The van der Waals surface area contributed by atoms with Gasteiger partial charge in [-0.05, 0) is 18.6 Å². The largest absolute Gasteiger partial charge is 0.423 e. The Bertz CT molecular complexity index is 865. The highest BCUT2D eigenvalue weighted by molar-refractivity contribution is 5.74. The Labute approximate surface area is 151 Å². The van der Waals surface area contributed by atoms with Crippen molar-refractivity contribution in [2.75, 3.05) is 49.2 Å². The fraction of sp³-hybridized carbons (Fsp3) is 0.421. The van der Waals surface area contributed by atoms with Gasteiger partial charge in [-0.1, -0.05) is 12.1 Å². The fourth-order valence-electron chi connectivity index (χ4n) is 3.65. The molecule has 7 nitrogen and oxygen atoms in total. The zero-order valence-corrected chi connectivity index (χ0v) is 14.5. The summed E-state index contributed by atoms with van der Waals surface area (Å²) in [6, 6.07) is 10.7. The molecule has 0 N–H and O–H groups in total. The summed E-state index contributed by atoms with van der Waals surface area (Å²) in [6.07, 6.45) is 2.72. The number of fused-ring (bicyclic) bond motifs is 1. The van der Waals surface area contributed by atoms with Crippen molar-refractivity contribution in [2.24, 2.45) is 0 Å². The molecule has 134 valence electrons. The molecule has 0 aliphatic carbocycles. The second-order valence-corrected chi connectivity index (χ2v) is 6.80. The number of nitrogens with zero attached hydrogens (tertiary/aromatic N) is 5. The Morgan fingerprint density at radius 3 is 2.65 bits per heavy atom. The first-order chi connectivity index (χ1) is 12.9. The maximum absolute atomic E-state index is 5.89. The zero-order chi connectivity index (χ0) is 17.3. The number of para-hydroxylation sites is 2. The number of benzene rings is 1. The van der Waals surface area contributed by atoms with E-state index in [0.717, 1.165) is 68.4 Å². The third kappa shape index (κ3) is 2.88. The number of oxazole rings is 1. The highest BCUT2D eigenvalue weighted by atomic mass is 16.5. The summed E-state index contributed by atoms with van der Waals surface area (Å²) >= 11 is 0. The molecule has 2 aromatic heterocycles. The number of rotatable bonds is 3. The van der Waals surface area contributed by atoms with Crippen molar-refractivity contribution in [3.05, 3.63) is 42.4 Å². The molecule has 0 spiro atoms. The number of aromatic nitrogens is 3. The predicted octanol–water partition coefficient (Wildman–Crippen LogP) is 2.45. The van der Waals surface area contributed by atoms with Gasteiger partial charge in [0.05, 0.1) is 12.3 Å². The van der Waals surface area contributed by atoms with Crippen LogP contribution in [0.5, 0.6) is 0 Å². The van der Waals surface area contributed by atoms with Crippen molar-refractivity contribution in [1.82, 2.24) is 15.0 Å². The Morgan fingerprint density at radius 1 is 1.00 bits per heavy atom. The number of piperazine rings is 1. The second kappa shape index (κ2) is 6.57. The Hall–Kier alpha value is -2.67. The molecule has 7 heteroatoms. The van der Waals surface area contributed by atoms with Crippen LogP contribution in [-0.2, 0) is 4.74 Å². The van der Waals surface area contributed by atoms with Crippen LogP contribution in [0.15, 0.2) is 41.1 Å². The van der Waals surface area contributed by atoms with Crippen LogP contribution < -0.4 is 9.80 Å². The monoisotopic (exact) mass is 351 g/mol. The summed E-state index contributed by atoms with van der Waals surface area (Å²) in [5.74, 6) is 1.40. The molecule has 4 heterocycles.